The van der Waals surface area contributed by atoms with Gasteiger partial charge in [0.25, 0.3) is 0 Å². The first-order valence-corrected chi connectivity index (χ1v) is 7.42. The summed E-state index contributed by atoms with van der Waals surface area (Å²) in [4.78, 5) is 10.8. The first-order chi connectivity index (χ1) is 6.16. The summed E-state index contributed by atoms with van der Waals surface area (Å²) in [5.74, 6) is 2.99. The molecular formula is C8H13BrO2S2. The Morgan fingerprint density at radius 1 is 1.62 bits per heavy atom. The summed E-state index contributed by atoms with van der Waals surface area (Å²) in [6.07, 6.45) is 1.21. The first kappa shape index (κ1) is 11.7. The highest BCUT2D eigenvalue weighted by atomic mass is 79.9. The maximum absolute atomic E-state index is 11.1. The third kappa shape index (κ3) is 4.13. The minimum absolute atomic E-state index is 0.169. The molecule has 1 aliphatic heterocycles. The maximum atomic E-state index is 11.1. The van der Waals surface area contributed by atoms with Crippen LogP contribution in [-0.2, 0) is 9.53 Å². The van der Waals surface area contributed by atoms with E-state index in [0.717, 1.165) is 11.5 Å². The SMILES string of the molecule is CC1(OC(=O)CBr)CSCCCS1. The monoisotopic (exact) mass is 284 g/mol. The molecule has 13 heavy (non-hydrogen) atoms. The average molecular weight is 285 g/mol. The molecule has 1 heterocycles. The van der Waals surface area contributed by atoms with Gasteiger partial charge in [-0.05, 0) is 24.9 Å². The van der Waals surface area contributed by atoms with Crippen LogP contribution in [0.4, 0.5) is 0 Å². The van der Waals surface area contributed by atoms with Gasteiger partial charge in [-0.15, -0.1) is 11.8 Å². The molecule has 0 spiro atoms. The van der Waals surface area contributed by atoms with Gasteiger partial charge in [0.15, 0.2) is 4.93 Å². The summed E-state index contributed by atoms with van der Waals surface area (Å²) < 4.78 is 5.36. The van der Waals surface area contributed by atoms with Crippen LogP contribution in [0, 0.1) is 0 Å². The molecular weight excluding hydrogens is 272 g/mol. The summed E-state index contributed by atoms with van der Waals surface area (Å²) in [7, 11) is 0. The van der Waals surface area contributed by atoms with Crippen LogP contribution in [0.3, 0.4) is 0 Å². The number of carbonyl (C=O) groups is 1. The molecule has 1 fully saturated rings. The molecule has 0 aromatic carbocycles. The van der Waals surface area contributed by atoms with E-state index in [9.17, 15) is 4.79 Å². The van der Waals surface area contributed by atoms with Crippen LogP contribution in [0.5, 0.6) is 0 Å². The van der Waals surface area contributed by atoms with Crippen molar-refractivity contribution >= 4 is 45.4 Å². The van der Waals surface area contributed by atoms with Gasteiger partial charge in [-0.2, -0.15) is 11.8 Å². The molecule has 0 amide bonds. The van der Waals surface area contributed by atoms with Gasteiger partial charge in [0, 0.05) is 5.75 Å². The van der Waals surface area contributed by atoms with Gasteiger partial charge in [-0.25, -0.2) is 0 Å². The van der Waals surface area contributed by atoms with Crippen molar-refractivity contribution in [3.05, 3.63) is 0 Å². The number of rotatable bonds is 2. The highest BCUT2D eigenvalue weighted by molar-refractivity contribution is 9.09. The normalized spacial score (nSPS) is 29.4. The summed E-state index contributed by atoms with van der Waals surface area (Å²) in [6.45, 7) is 2.00. The molecule has 0 N–H and O–H groups in total. The van der Waals surface area contributed by atoms with E-state index in [1.165, 1.54) is 12.2 Å². The largest absolute Gasteiger partial charge is 0.447 e. The van der Waals surface area contributed by atoms with E-state index in [-0.39, 0.29) is 16.2 Å². The third-order valence-corrected chi connectivity index (χ3v) is 4.95. The minimum atomic E-state index is -0.313. The van der Waals surface area contributed by atoms with E-state index in [4.69, 9.17) is 4.74 Å². The Labute approximate surface area is 95.7 Å². The molecule has 2 nitrogen and oxygen atoms in total. The van der Waals surface area contributed by atoms with Crippen molar-refractivity contribution in [3.63, 3.8) is 0 Å². The summed E-state index contributed by atoms with van der Waals surface area (Å²) in [5.41, 5.74) is 0. The van der Waals surface area contributed by atoms with Crippen molar-refractivity contribution in [1.29, 1.82) is 0 Å². The molecule has 1 unspecified atom stereocenters. The van der Waals surface area contributed by atoms with Crippen molar-refractivity contribution < 1.29 is 9.53 Å². The lowest BCUT2D eigenvalue weighted by Crippen LogP contribution is -2.31. The van der Waals surface area contributed by atoms with E-state index in [1.54, 1.807) is 11.8 Å². The van der Waals surface area contributed by atoms with Gasteiger partial charge in [0.2, 0.25) is 0 Å². The van der Waals surface area contributed by atoms with Crippen LogP contribution in [0.1, 0.15) is 13.3 Å². The molecule has 0 bridgehead atoms. The topological polar surface area (TPSA) is 26.3 Å². The fraction of sp³-hybridized carbons (Fsp3) is 0.875. The second kappa shape index (κ2) is 5.51. The van der Waals surface area contributed by atoms with Crippen molar-refractivity contribution in [1.82, 2.24) is 0 Å². The first-order valence-electron chi connectivity index (χ1n) is 4.16. The number of ether oxygens (including phenoxy) is 1. The molecule has 5 heteroatoms. The number of carbonyl (C=O) groups excluding carboxylic acids is 1. The van der Waals surface area contributed by atoms with Crippen molar-refractivity contribution in [2.24, 2.45) is 0 Å². The van der Waals surface area contributed by atoms with Gasteiger partial charge >= 0.3 is 5.97 Å². The van der Waals surface area contributed by atoms with Crippen LogP contribution in [0.15, 0.2) is 0 Å². The Bertz CT molecular complexity index is 179. The van der Waals surface area contributed by atoms with E-state index in [1.807, 2.05) is 18.7 Å². The van der Waals surface area contributed by atoms with Gasteiger partial charge in [-0.3, -0.25) is 4.79 Å². The molecule has 1 aliphatic rings. The van der Waals surface area contributed by atoms with Crippen molar-refractivity contribution in [2.75, 3.05) is 22.6 Å². The van der Waals surface area contributed by atoms with Gasteiger partial charge < -0.3 is 4.74 Å². The quantitative estimate of drug-likeness (QED) is 0.575. The summed E-state index contributed by atoms with van der Waals surface area (Å²) in [5, 5.41) is 0.286. The van der Waals surface area contributed by atoms with E-state index < -0.39 is 0 Å². The highest BCUT2D eigenvalue weighted by Crippen LogP contribution is 2.34. The van der Waals surface area contributed by atoms with Crippen LogP contribution in [0.2, 0.25) is 0 Å². The van der Waals surface area contributed by atoms with Crippen molar-refractivity contribution in [3.8, 4) is 0 Å². The number of esters is 1. The third-order valence-electron chi connectivity index (χ3n) is 1.64. The number of halogens is 1. The fourth-order valence-electron chi connectivity index (χ4n) is 1.08. The van der Waals surface area contributed by atoms with Crippen LogP contribution >= 0.6 is 39.5 Å². The van der Waals surface area contributed by atoms with Crippen LogP contribution < -0.4 is 0 Å². The fourth-order valence-corrected chi connectivity index (χ4v) is 3.75. The summed E-state index contributed by atoms with van der Waals surface area (Å²) in [6, 6.07) is 0. The second-order valence-electron chi connectivity index (χ2n) is 3.00. The van der Waals surface area contributed by atoms with E-state index in [0.29, 0.717) is 0 Å². The molecule has 1 rings (SSSR count). The maximum Gasteiger partial charge on any atom is 0.317 e. The zero-order chi connectivity index (χ0) is 9.73. The Hall–Kier alpha value is 0.650. The van der Waals surface area contributed by atoms with Gasteiger partial charge in [0.1, 0.15) is 5.33 Å². The molecule has 0 saturated carbocycles. The number of thioether (sulfide) groups is 2. The Balaban J connectivity index is 2.46. The predicted molar refractivity (Wildman–Crippen MR) is 62.7 cm³/mol. The number of alkyl halides is 1. The lowest BCUT2D eigenvalue weighted by atomic mass is 10.4. The molecule has 1 saturated heterocycles. The zero-order valence-corrected chi connectivity index (χ0v) is 10.8. The number of hydrogen-bond donors (Lipinski definition) is 0. The van der Waals surface area contributed by atoms with Crippen LogP contribution in [0.25, 0.3) is 0 Å². The lowest BCUT2D eigenvalue weighted by Gasteiger charge is -2.26. The smallest absolute Gasteiger partial charge is 0.317 e. The molecule has 0 radical (unpaired) electrons. The molecule has 0 aromatic rings. The molecule has 76 valence electrons. The molecule has 1 atom stereocenters. The van der Waals surface area contributed by atoms with Crippen LogP contribution in [-0.4, -0.2) is 33.5 Å². The predicted octanol–water partition coefficient (Wildman–Crippen LogP) is 2.51. The summed E-state index contributed by atoms with van der Waals surface area (Å²) >= 11 is 6.70. The van der Waals surface area contributed by atoms with E-state index in [2.05, 4.69) is 15.9 Å². The average Bonchev–Trinajstić information content (AvgIpc) is 2.30. The standard InChI is InChI=1S/C8H13BrO2S2/c1-8(11-7(10)5-9)6-12-3-2-4-13-8/h2-6H2,1H3. The molecule has 0 aliphatic carbocycles. The Morgan fingerprint density at radius 2 is 2.38 bits per heavy atom. The van der Waals surface area contributed by atoms with Gasteiger partial charge in [-0.1, -0.05) is 15.9 Å². The Morgan fingerprint density at radius 3 is 3.08 bits per heavy atom. The van der Waals surface area contributed by atoms with E-state index >= 15 is 0 Å². The van der Waals surface area contributed by atoms with Crippen molar-refractivity contribution in [2.45, 2.75) is 18.3 Å². The Kier molecular flexibility index (Phi) is 4.97. The highest BCUT2D eigenvalue weighted by Gasteiger charge is 2.30. The zero-order valence-electron chi connectivity index (χ0n) is 7.55. The minimum Gasteiger partial charge on any atom is -0.447 e. The number of hydrogen-bond acceptors (Lipinski definition) is 4. The lowest BCUT2D eigenvalue weighted by molar-refractivity contribution is -0.145. The van der Waals surface area contributed by atoms with Gasteiger partial charge in [0.05, 0.1) is 0 Å². The second-order valence-corrected chi connectivity index (χ2v) is 6.22. The molecule has 0 aromatic heterocycles.